The summed E-state index contributed by atoms with van der Waals surface area (Å²) in [6.07, 6.45) is 0.989. The zero-order valence-corrected chi connectivity index (χ0v) is 4.96. The first kappa shape index (κ1) is 7.91. The minimum Gasteiger partial charge on any atom is -0.432 e. The monoisotopic (exact) mass is 128 g/mol. The molecule has 0 saturated heterocycles. The van der Waals surface area contributed by atoms with Crippen LogP contribution in [-0.2, 0) is 9.53 Å². The van der Waals surface area contributed by atoms with Crippen molar-refractivity contribution in [2.45, 2.75) is 0 Å². The van der Waals surface area contributed by atoms with Crippen molar-refractivity contribution in [3.8, 4) is 0 Å². The van der Waals surface area contributed by atoms with Gasteiger partial charge in [0.1, 0.15) is 0 Å². The van der Waals surface area contributed by atoms with Crippen LogP contribution >= 0.6 is 0 Å². The summed E-state index contributed by atoms with van der Waals surface area (Å²) in [7, 11) is 0. The van der Waals surface area contributed by atoms with E-state index >= 15 is 0 Å². The van der Waals surface area contributed by atoms with Gasteiger partial charge < -0.3 is 9.84 Å². The van der Waals surface area contributed by atoms with Crippen LogP contribution in [0, 0.1) is 0 Å². The molecule has 9 heavy (non-hydrogen) atoms. The molecular weight excluding hydrogens is 120 g/mol. The minimum atomic E-state index is -0.646. The van der Waals surface area contributed by atoms with Gasteiger partial charge in [0.15, 0.2) is 0 Å². The average molecular weight is 128 g/mol. The number of aliphatic hydroxyl groups is 1. The van der Waals surface area contributed by atoms with E-state index in [1.807, 2.05) is 0 Å². The molecule has 3 nitrogen and oxygen atoms in total. The molecule has 0 heterocycles. The van der Waals surface area contributed by atoms with Crippen LogP contribution in [-0.4, -0.2) is 17.7 Å². The number of carbonyl (C=O) groups is 1. The molecular formula is C6H8O3. The number of hydrogen-bond acceptors (Lipinski definition) is 3. The van der Waals surface area contributed by atoms with Crippen LogP contribution in [0.2, 0.25) is 0 Å². The molecule has 0 saturated carbocycles. The topological polar surface area (TPSA) is 46.5 Å². The molecule has 0 aromatic heterocycles. The van der Waals surface area contributed by atoms with E-state index in [0.717, 1.165) is 6.26 Å². The molecule has 50 valence electrons. The second kappa shape index (κ2) is 3.86. The summed E-state index contributed by atoms with van der Waals surface area (Å²) in [5.41, 5.74) is 0.0231. The second-order valence-corrected chi connectivity index (χ2v) is 1.33. The van der Waals surface area contributed by atoms with Gasteiger partial charge in [-0.2, -0.15) is 0 Å². The second-order valence-electron chi connectivity index (χ2n) is 1.33. The molecule has 0 fully saturated rings. The number of hydrogen-bond donors (Lipinski definition) is 1. The third-order valence-electron chi connectivity index (χ3n) is 0.670. The molecule has 0 aliphatic heterocycles. The Morgan fingerprint density at radius 3 is 2.67 bits per heavy atom. The number of esters is 1. The Morgan fingerprint density at radius 1 is 1.78 bits per heavy atom. The molecule has 0 aliphatic carbocycles. The van der Waals surface area contributed by atoms with Gasteiger partial charge in [0, 0.05) is 0 Å². The largest absolute Gasteiger partial charge is 0.432 e. The zero-order chi connectivity index (χ0) is 7.28. The lowest BCUT2D eigenvalue weighted by atomic mass is 10.3. The Bertz CT molecular complexity index is 137. The Morgan fingerprint density at radius 2 is 2.33 bits per heavy atom. The molecule has 0 aromatic carbocycles. The van der Waals surface area contributed by atoms with E-state index < -0.39 is 5.97 Å². The van der Waals surface area contributed by atoms with Crippen LogP contribution in [0.4, 0.5) is 0 Å². The van der Waals surface area contributed by atoms with Gasteiger partial charge in [-0.1, -0.05) is 13.2 Å². The summed E-state index contributed by atoms with van der Waals surface area (Å²) in [6, 6.07) is 0. The van der Waals surface area contributed by atoms with E-state index in [0.29, 0.717) is 0 Å². The number of carbonyl (C=O) groups excluding carboxylic acids is 1. The molecule has 0 rings (SSSR count). The van der Waals surface area contributed by atoms with Gasteiger partial charge in [0.2, 0.25) is 0 Å². The normalized spacial score (nSPS) is 8.11. The molecule has 0 bridgehead atoms. The summed E-state index contributed by atoms with van der Waals surface area (Å²) in [5, 5.41) is 8.30. The Labute approximate surface area is 53.3 Å². The average Bonchev–Trinajstić information content (AvgIpc) is 1.87. The highest BCUT2D eigenvalue weighted by molar-refractivity contribution is 5.88. The summed E-state index contributed by atoms with van der Waals surface area (Å²) in [4.78, 5) is 10.4. The number of aliphatic hydroxyl groups excluding tert-OH is 1. The molecule has 0 unspecified atom stereocenters. The minimum absolute atomic E-state index is 0.0231. The summed E-state index contributed by atoms with van der Waals surface area (Å²) >= 11 is 0. The van der Waals surface area contributed by atoms with Gasteiger partial charge in [0.05, 0.1) is 18.4 Å². The third-order valence-corrected chi connectivity index (χ3v) is 0.670. The van der Waals surface area contributed by atoms with Gasteiger partial charge in [-0.05, 0) is 0 Å². The van der Waals surface area contributed by atoms with Crippen LogP contribution in [0.3, 0.4) is 0 Å². The lowest BCUT2D eigenvalue weighted by Gasteiger charge is -1.96. The van der Waals surface area contributed by atoms with Crippen LogP contribution in [0.1, 0.15) is 0 Å². The van der Waals surface area contributed by atoms with E-state index in [-0.39, 0.29) is 12.2 Å². The first-order valence-corrected chi connectivity index (χ1v) is 2.33. The number of ether oxygens (including phenoxy) is 1. The first-order chi connectivity index (χ1) is 4.22. The fourth-order valence-electron chi connectivity index (χ4n) is 0.224. The number of rotatable bonds is 3. The van der Waals surface area contributed by atoms with Gasteiger partial charge in [-0.25, -0.2) is 4.79 Å². The van der Waals surface area contributed by atoms with Crippen molar-refractivity contribution >= 4 is 5.97 Å². The molecule has 0 aliphatic rings. The molecule has 0 amide bonds. The standard InChI is InChI=1S/C6H8O3/c1-3-9-6(8)5(2)4-7/h3,7H,1-2,4H2. The summed E-state index contributed by atoms with van der Waals surface area (Å²) < 4.78 is 4.26. The smallest absolute Gasteiger partial charge is 0.340 e. The highest BCUT2D eigenvalue weighted by atomic mass is 16.5. The van der Waals surface area contributed by atoms with Crippen molar-refractivity contribution in [1.82, 2.24) is 0 Å². The van der Waals surface area contributed by atoms with Crippen molar-refractivity contribution in [2.24, 2.45) is 0 Å². The van der Waals surface area contributed by atoms with E-state index in [1.54, 1.807) is 0 Å². The highest BCUT2D eigenvalue weighted by Gasteiger charge is 2.03. The third kappa shape index (κ3) is 2.66. The summed E-state index contributed by atoms with van der Waals surface area (Å²) in [6.45, 7) is 5.99. The lowest BCUT2D eigenvalue weighted by molar-refractivity contribution is -0.134. The molecule has 0 aromatic rings. The van der Waals surface area contributed by atoms with E-state index in [2.05, 4.69) is 17.9 Å². The Kier molecular flexibility index (Phi) is 3.39. The maximum Gasteiger partial charge on any atom is 0.340 e. The molecule has 0 spiro atoms. The van der Waals surface area contributed by atoms with E-state index in [1.165, 1.54) is 0 Å². The van der Waals surface area contributed by atoms with Crippen molar-refractivity contribution in [2.75, 3.05) is 6.61 Å². The SMILES string of the molecule is C=COC(=O)C(=C)CO. The van der Waals surface area contributed by atoms with Crippen LogP contribution in [0.15, 0.2) is 25.0 Å². The van der Waals surface area contributed by atoms with Gasteiger partial charge >= 0.3 is 5.97 Å². The van der Waals surface area contributed by atoms with E-state index in [4.69, 9.17) is 5.11 Å². The van der Waals surface area contributed by atoms with Crippen molar-refractivity contribution < 1.29 is 14.6 Å². The molecule has 3 heteroatoms. The Balaban J connectivity index is 3.73. The van der Waals surface area contributed by atoms with Crippen LogP contribution in [0.5, 0.6) is 0 Å². The van der Waals surface area contributed by atoms with Gasteiger partial charge in [-0.3, -0.25) is 0 Å². The molecule has 0 atom stereocenters. The highest BCUT2D eigenvalue weighted by Crippen LogP contribution is 1.91. The predicted octanol–water partition coefficient (Wildman–Crippen LogP) is 0.222. The fourth-order valence-corrected chi connectivity index (χ4v) is 0.224. The van der Waals surface area contributed by atoms with E-state index in [9.17, 15) is 4.79 Å². The predicted molar refractivity (Wildman–Crippen MR) is 32.5 cm³/mol. The van der Waals surface area contributed by atoms with Gasteiger partial charge in [0.25, 0.3) is 0 Å². The van der Waals surface area contributed by atoms with Crippen LogP contribution < -0.4 is 0 Å². The molecule has 0 radical (unpaired) electrons. The quantitative estimate of drug-likeness (QED) is 0.336. The zero-order valence-electron chi connectivity index (χ0n) is 4.96. The van der Waals surface area contributed by atoms with Crippen molar-refractivity contribution in [1.29, 1.82) is 0 Å². The van der Waals surface area contributed by atoms with Crippen molar-refractivity contribution in [3.05, 3.63) is 25.0 Å². The Hall–Kier alpha value is -1.09. The maximum absolute atomic E-state index is 10.4. The van der Waals surface area contributed by atoms with Crippen LogP contribution in [0.25, 0.3) is 0 Å². The lowest BCUT2D eigenvalue weighted by Crippen LogP contribution is -2.05. The first-order valence-electron chi connectivity index (χ1n) is 2.33. The van der Waals surface area contributed by atoms with Gasteiger partial charge in [-0.15, -0.1) is 0 Å². The fraction of sp³-hybridized carbons (Fsp3) is 0.167. The molecule has 1 N–H and O–H groups in total. The van der Waals surface area contributed by atoms with Crippen molar-refractivity contribution in [3.63, 3.8) is 0 Å². The maximum atomic E-state index is 10.4. The summed E-state index contributed by atoms with van der Waals surface area (Å²) in [5.74, 6) is -0.646.